The smallest absolute Gasteiger partial charge is 0.408 e. The summed E-state index contributed by atoms with van der Waals surface area (Å²) in [5.41, 5.74) is 2.48. The molecule has 1 N–H and O–H groups in total. The van der Waals surface area contributed by atoms with Crippen LogP contribution < -0.4 is 5.32 Å². The lowest BCUT2D eigenvalue weighted by Crippen LogP contribution is -2.21. The molecule has 1 aliphatic heterocycles. The third-order valence-electron chi connectivity index (χ3n) is 4.10. The molecule has 1 fully saturated rings. The van der Waals surface area contributed by atoms with Gasteiger partial charge >= 0.3 is 6.09 Å². The van der Waals surface area contributed by atoms with E-state index >= 15 is 0 Å². The van der Waals surface area contributed by atoms with E-state index in [0.29, 0.717) is 17.0 Å². The zero-order chi connectivity index (χ0) is 18.6. The van der Waals surface area contributed by atoms with Crippen molar-refractivity contribution in [2.45, 2.75) is 12.1 Å². The summed E-state index contributed by atoms with van der Waals surface area (Å²) in [6.45, 7) is 0. The van der Waals surface area contributed by atoms with Crippen molar-refractivity contribution in [3.8, 4) is 11.8 Å². The van der Waals surface area contributed by atoms with E-state index in [4.69, 9.17) is 4.74 Å². The van der Waals surface area contributed by atoms with Gasteiger partial charge in [-0.15, -0.1) is 0 Å². The third-order valence-corrected chi connectivity index (χ3v) is 4.10. The van der Waals surface area contributed by atoms with Gasteiger partial charge in [0, 0.05) is 5.56 Å². The lowest BCUT2D eigenvalue weighted by Gasteiger charge is -2.16. The van der Waals surface area contributed by atoms with Crippen LogP contribution in [-0.4, -0.2) is 16.1 Å². The molecular formula is C21H14FN3O2. The van der Waals surface area contributed by atoms with Crippen molar-refractivity contribution >= 4 is 6.09 Å². The van der Waals surface area contributed by atoms with Gasteiger partial charge in [0.2, 0.25) is 0 Å². The number of hydrogen-bond acceptors (Lipinski definition) is 4. The van der Waals surface area contributed by atoms with Crippen molar-refractivity contribution in [3.05, 3.63) is 95.3 Å². The average molecular weight is 359 g/mol. The van der Waals surface area contributed by atoms with Gasteiger partial charge in [-0.1, -0.05) is 36.3 Å². The highest BCUT2D eigenvalue weighted by atomic mass is 19.1. The molecule has 1 aliphatic rings. The van der Waals surface area contributed by atoms with E-state index in [1.807, 2.05) is 30.3 Å². The van der Waals surface area contributed by atoms with Crippen LogP contribution in [-0.2, 0) is 4.74 Å². The van der Waals surface area contributed by atoms with E-state index in [1.54, 1.807) is 18.2 Å². The van der Waals surface area contributed by atoms with Crippen LogP contribution in [0.4, 0.5) is 9.18 Å². The summed E-state index contributed by atoms with van der Waals surface area (Å²) in [6, 6.07) is 16.6. The second-order valence-corrected chi connectivity index (χ2v) is 5.95. The lowest BCUT2D eigenvalue weighted by atomic mass is 10.00. The molecule has 0 radical (unpaired) electrons. The third kappa shape index (κ3) is 3.77. The Labute approximate surface area is 155 Å². The Kier molecular flexibility index (Phi) is 4.50. The molecule has 132 valence electrons. The number of nitrogens with one attached hydrogen (secondary N) is 1. The van der Waals surface area contributed by atoms with Crippen molar-refractivity contribution in [3.63, 3.8) is 0 Å². The minimum absolute atomic E-state index is 0.397. The van der Waals surface area contributed by atoms with Gasteiger partial charge < -0.3 is 10.1 Å². The van der Waals surface area contributed by atoms with Crippen molar-refractivity contribution in [2.75, 3.05) is 0 Å². The molecule has 0 spiro atoms. The van der Waals surface area contributed by atoms with E-state index in [0.717, 1.165) is 5.56 Å². The Balaban J connectivity index is 1.64. The minimum Gasteiger partial charge on any atom is -0.439 e. The Morgan fingerprint density at radius 2 is 1.85 bits per heavy atom. The zero-order valence-corrected chi connectivity index (χ0v) is 14.1. The Bertz CT molecular complexity index is 1040. The van der Waals surface area contributed by atoms with Crippen LogP contribution in [0.3, 0.4) is 0 Å². The zero-order valence-electron chi connectivity index (χ0n) is 14.1. The van der Waals surface area contributed by atoms with Gasteiger partial charge in [-0.25, -0.2) is 19.2 Å². The molecule has 2 atom stereocenters. The monoisotopic (exact) mass is 359 g/mol. The maximum absolute atomic E-state index is 13.6. The summed E-state index contributed by atoms with van der Waals surface area (Å²) in [5.74, 6) is 5.62. The molecule has 0 saturated carbocycles. The van der Waals surface area contributed by atoms with Gasteiger partial charge in [0.15, 0.2) is 6.10 Å². The van der Waals surface area contributed by atoms with E-state index in [-0.39, 0.29) is 0 Å². The van der Waals surface area contributed by atoms with Crippen LogP contribution in [0.15, 0.2) is 67.0 Å². The molecule has 27 heavy (non-hydrogen) atoms. The SMILES string of the molecule is O=C1N[C@H](c2cc(C#Cc3ccccc3)ncn2)[C@@H](c2cccc(F)c2)O1. The quantitative estimate of drug-likeness (QED) is 0.711. The molecule has 6 heteroatoms. The largest absolute Gasteiger partial charge is 0.439 e. The summed E-state index contributed by atoms with van der Waals surface area (Å²) in [5, 5.41) is 2.72. The normalized spacial score (nSPS) is 18.2. The van der Waals surface area contributed by atoms with Crippen LogP contribution >= 0.6 is 0 Å². The van der Waals surface area contributed by atoms with Crippen molar-refractivity contribution in [2.24, 2.45) is 0 Å². The molecule has 1 amide bonds. The van der Waals surface area contributed by atoms with E-state index < -0.39 is 24.1 Å². The number of alkyl carbamates (subject to hydrolysis) is 1. The first-order valence-electron chi connectivity index (χ1n) is 8.31. The fourth-order valence-corrected chi connectivity index (χ4v) is 2.86. The highest BCUT2D eigenvalue weighted by Crippen LogP contribution is 2.35. The number of halogens is 1. The molecule has 0 aliphatic carbocycles. The number of ether oxygens (including phenoxy) is 1. The van der Waals surface area contributed by atoms with Crippen LogP contribution in [0.25, 0.3) is 0 Å². The summed E-state index contributed by atoms with van der Waals surface area (Å²) >= 11 is 0. The number of rotatable bonds is 2. The van der Waals surface area contributed by atoms with E-state index in [1.165, 1.54) is 18.5 Å². The van der Waals surface area contributed by atoms with Crippen LogP contribution in [0.5, 0.6) is 0 Å². The van der Waals surface area contributed by atoms with Gasteiger partial charge in [0.25, 0.3) is 0 Å². The van der Waals surface area contributed by atoms with Crippen LogP contribution in [0.1, 0.15) is 34.7 Å². The highest BCUT2D eigenvalue weighted by molar-refractivity contribution is 5.71. The standard InChI is InChI=1S/C21H14FN3O2/c22-16-8-4-7-15(11-16)20-19(25-21(26)27-20)18-12-17(23-13-24-18)10-9-14-5-2-1-3-6-14/h1-8,11-13,19-20H,(H,25,26)/t19-,20-/m1/s1. The Morgan fingerprint density at radius 3 is 2.67 bits per heavy atom. The van der Waals surface area contributed by atoms with Gasteiger partial charge in [0.05, 0.1) is 5.69 Å². The van der Waals surface area contributed by atoms with E-state index in [9.17, 15) is 9.18 Å². The Hall–Kier alpha value is -3.72. The van der Waals surface area contributed by atoms with Gasteiger partial charge in [-0.3, -0.25) is 0 Å². The number of aromatic nitrogens is 2. The van der Waals surface area contributed by atoms with Gasteiger partial charge in [-0.2, -0.15) is 0 Å². The molecule has 4 rings (SSSR count). The van der Waals surface area contributed by atoms with E-state index in [2.05, 4.69) is 27.1 Å². The molecule has 2 heterocycles. The number of hydrogen-bond donors (Lipinski definition) is 1. The average Bonchev–Trinajstić information content (AvgIpc) is 3.09. The summed E-state index contributed by atoms with van der Waals surface area (Å²) in [6.07, 6.45) is 0.125. The summed E-state index contributed by atoms with van der Waals surface area (Å²) in [4.78, 5) is 20.2. The highest BCUT2D eigenvalue weighted by Gasteiger charge is 2.37. The van der Waals surface area contributed by atoms with Gasteiger partial charge in [-0.05, 0) is 41.8 Å². The first-order chi connectivity index (χ1) is 13.2. The van der Waals surface area contributed by atoms with Crippen molar-refractivity contribution < 1.29 is 13.9 Å². The van der Waals surface area contributed by atoms with Crippen LogP contribution in [0.2, 0.25) is 0 Å². The first kappa shape index (κ1) is 16.7. The second-order valence-electron chi connectivity index (χ2n) is 5.95. The fraction of sp³-hybridized carbons (Fsp3) is 0.0952. The molecule has 5 nitrogen and oxygen atoms in total. The summed E-state index contributed by atoms with van der Waals surface area (Å²) < 4.78 is 18.9. The summed E-state index contributed by atoms with van der Waals surface area (Å²) in [7, 11) is 0. The fourth-order valence-electron chi connectivity index (χ4n) is 2.86. The molecule has 2 aromatic carbocycles. The number of amides is 1. The molecule has 1 saturated heterocycles. The van der Waals surface area contributed by atoms with Crippen LogP contribution in [0, 0.1) is 17.7 Å². The topological polar surface area (TPSA) is 64.1 Å². The Morgan fingerprint density at radius 1 is 1.00 bits per heavy atom. The molecular weight excluding hydrogens is 345 g/mol. The predicted molar refractivity (Wildman–Crippen MR) is 96.0 cm³/mol. The minimum atomic E-state index is -0.682. The number of carbonyl (C=O) groups is 1. The molecule has 3 aromatic rings. The maximum Gasteiger partial charge on any atom is 0.408 e. The second kappa shape index (κ2) is 7.26. The maximum atomic E-state index is 13.6. The number of nitrogens with zero attached hydrogens (tertiary/aromatic N) is 2. The number of benzene rings is 2. The first-order valence-corrected chi connectivity index (χ1v) is 8.31. The molecule has 0 bridgehead atoms. The number of cyclic esters (lactones) is 1. The van der Waals surface area contributed by atoms with Crippen molar-refractivity contribution in [1.29, 1.82) is 0 Å². The molecule has 0 unspecified atom stereocenters. The number of carbonyl (C=O) groups excluding carboxylic acids is 1. The van der Waals surface area contributed by atoms with Gasteiger partial charge in [0.1, 0.15) is 23.9 Å². The molecule has 1 aromatic heterocycles. The van der Waals surface area contributed by atoms with Crippen molar-refractivity contribution in [1.82, 2.24) is 15.3 Å². The predicted octanol–water partition coefficient (Wildman–Crippen LogP) is 3.54. The lowest BCUT2D eigenvalue weighted by molar-refractivity contribution is 0.131.